The zero-order valence-electron chi connectivity index (χ0n) is 14.2. The van der Waals surface area contributed by atoms with Crippen LogP contribution in [0.1, 0.15) is 25.7 Å². The predicted octanol–water partition coefficient (Wildman–Crippen LogP) is 3.69. The SMILES string of the molecule is Cn1ncc(Br)c1-c1cc(N)ccc1OCCN1CCCCCC1. The minimum Gasteiger partial charge on any atom is -0.492 e. The quantitative estimate of drug-likeness (QED) is 0.788. The standard InChI is InChI=1S/C18H25BrN4O/c1-22-18(16(19)13-21-22)15-12-14(20)6-7-17(15)24-11-10-23-8-4-2-3-5-9-23/h6-7,12-13H,2-5,8-11,20H2,1H3. The van der Waals surface area contributed by atoms with Gasteiger partial charge in [0.05, 0.1) is 16.4 Å². The van der Waals surface area contributed by atoms with E-state index in [1.807, 2.05) is 29.9 Å². The number of aromatic nitrogens is 2. The number of likely N-dealkylation sites (tertiary alicyclic amines) is 1. The number of rotatable bonds is 5. The van der Waals surface area contributed by atoms with Crippen LogP contribution in [0.15, 0.2) is 28.9 Å². The van der Waals surface area contributed by atoms with E-state index in [0.717, 1.165) is 33.7 Å². The summed E-state index contributed by atoms with van der Waals surface area (Å²) in [6.45, 7) is 4.03. The summed E-state index contributed by atoms with van der Waals surface area (Å²) in [7, 11) is 1.92. The molecule has 0 saturated carbocycles. The smallest absolute Gasteiger partial charge is 0.128 e. The number of nitrogens with two attached hydrogens (primary N) is 1. The molecule has 1 aliphatic heterocycles. The fraction of sp³-hybridized carbons (Fsp3) is 0.500. The van der Waals surface area contributed by atoms with Crippen molar-refractivity contribution in [3.63, 3.8) is 0 Å². The van der Waals surface area contributed by atoms with Gasteiger partial charge in [0.25, 0.3) is 0 Å². The first-order chi connectivity index (χ1) is 11.6. The Morgan fingerprint density at radius 1 is 1.21 bits per heavy atom. The van der Waals surface area contributed by atoms with Gasteiger partial charge in [-0.2, -0.15) is 5.10 Å². The molecule has 2 aromatic rings. The molecule has 2 heterocycles. The molecule has 130 valence electrons. The van der Waals surface area contributed by atoms with Crippen LogP contribution in [0.5, 0.6) is 5.75 Å². The minimum absolute atomic E-state index is 0.687. The van der Waals surface area contributed by atoms with Gasteiger partial charge in [-0.3, -0.25) is 9.58 Å². The van der Waals surface area contributed by atoms with Crippen LogP contribution in [0, 0.1) is 0 Å². The fourth-order valence-electron chi connectivity index (χ4n) is 3.22. The van der Waals surface area contributed by atoms with E-state index in [9.17, 15) is 0 Å². The molecule has 0 amide bonds. The molecular weight excluding hydrogens is 368 g/mol. The topological polar surface area (TPSA) is 56.3 Å². The van der Waals surface area contributed by atoms with E-state index in [4.69, 9.17) is 10.5 Å². The van der Waals surface area contributed by atoms with E-state index in [1.165, 1.54) is 38.8 Å². The van der Waals surface area contributed by atoms with Crippen molar-refractivity contribution in [2.24, 2.45) is 7.05 Å². The van der Waals surface area contributed by atoms with E-state index < -0.39 is 0 Å². The molecular formula is C18H25BrN4O. The van der Waals surface area contributed by atoms with Gasteiger partial charge in [0.15, 0.2) is 0 Å². The number of nitrogens with zero attached hydrogens (tertiary/aromatic N) is 3. The van der Waals surface area contributed by atoms with E-state index in [1.54, 1.807) is 6.20 Å². The molecule has 0 unspecified atom stereocenters. The van der Waals surface area contributed by atoms with Crippen LogP contribution in [0.3, 0.4) is 0 Å². The van der Waals surface area contributed by atoms with Crippen molar-refractivity contribution in [3.05, 3.63) is 28.9 Å². The number of hydrogen-bond acceptors (Lipinski definition) is 4. The van der Waals surface area contributed by atoms with Crippen LogP contribution in [0.4, 0.5) is 5.69 Å². The van der Waals surface area contributed by atoms with Crippen molar-refractivity contribution >= 4 is 21.6 Å². The Morgan fingerprint density at radius 2 is 1.96 bits per heavy atom. The highest BCUT2D eigenvalue weighted by Gasteiger charge is 2.15. The van der Waals surface area contributed by atoms with E-state index >= 15 is 0 Å². The van der Waals surface area contributed by atoms with Crippen molar-refractivity contribution in [2.75, 3.05) is 32.0 Å². The van der Waals surface area contributed by atoms with E-state index in [-0.39, 0.29) is 0 Å². The third kappa shape index (κ3) is 4.11. The predicted molar refractivity (Wildman–Crippen MR) is 101 cm³/mol. The second-order valence-electron chi connectivity index (χ2n) is 6.32. The lowest BCUT2D eigenvalue weighted by Crippen LogP contribution is -2.29. The molecule has 2 N–H and O–H groups in total. The van der Waals surface area contributed by atoms with Crippen LogP contribution in [-0.2, 0) is 7.05 Å². The summed E-state index contributed by atoms with van der Waals surface area (Å²) < 4.78 is 8.88. The molecule has 24 heavy (non-hydrogen) atoms. The Kier molecular flexibility index (Phi) is 5.79. The molecule has 0 aliphatic carbocycles. The van der Waals surface area contributed by atoms with E-state index in [0.29, 0.717) is 6.61 Å². The Balaban J connectivity index is 1.71. The summed E-state index contributed by atoms with van der Waals surface area (Å²) in [6, 6.07) is 5.78. The van der Waals surface area contributed by atoms with E-state index in [2.05, 4.69) is 25.9 Å². The number of anilines is 1. The molecule has 0 bridgehead atoms. The van der Waals surface area contributed by atoms with Crippen LogP contribution in [0.2, 0.25) is 0 Å². The molecule has 3 rings (SSSR count). The van der Waals surface area contributed by atoms with Gasteiger partial charge in [-0.25, -0.2) is 0 Å². The van der Waals surface area contributed by atoms with Crippen LogP contribution >= 0.6 is 15.9 Å². The Morgan fingerprint density at radius 3 is 2.62 bits per heavy atom. The monoisotopic (exact) mass is 392 g/mol. The lowest BCUT2D eigenvalue weighted by Gasteiger charge is -2.20. The molecule has 1 fully saturated rings. The van der Waals surface area contributed by atoms with Gasteiger partial charge in [0, 0.05) is 24.8 Å². The first-order valence-electron chi connectivity index (χ1n) is 8.57. The Bertz CT molecular complexity index is 658. The molecule has 1 aliphatic rings. The molecule has 1 saturated heterocycles. The highest BCUT2D eigenvalue weighted by Crippen LogP contribution is 2.36. The molecule has 1 aromatic carbocycles. The van der Waals surface area contributed by atoms with Gasteiger partial charge in [0.2, 0.25) is 0 Å². The van der Waals surface area contributed by atoms with Gasteiger partial charge in [-0.05, 0) is 60.1 Å². The summed E-state index contributed by atoms with van der Waals surface area (Å²) in [6.07, 6.45) is 7.10. The highest BCUT2D eigenvalue weighted by atomic mass is 79.9. The maximum absolute atomic E-state index is 6.11. The summed E-state index contributed by atoms with van der Waals surface area (Å²) >= 11 is 3.56. The lowest BCUT2D eigenvalue weighted by molar-refractivity contribution is 0.214. The minimum atomic E-state index is 0.687. The molecule has 0 atom stereocenters. The Labute approximate surface area is 151 Å². The first kappa shape index (κ1) is 17.3. The lowest BCUT2D eigenvalue weighted by atomic mass is 10.1. The zero-order chi connectivity index (χ0) is 16.9. The maximum Gasteiger partial charge on any atom is 0.128 e. The van der Waals surface area contributed by atoms with Gasteiger partial charge in [-0.15, -0.1) is 0 Å². The maximum atomic E-state index is 6.11. The third-order valence-corrected chi connectivity index (χ3v) is 5.10. The van der Waals surface area contributed by atoms with Gasteiger partial charge in [-0.1, -0.05) is 12.8 Å². The van der Waals surface area contributed by atoms with Crippen molar-refractivity contribution < 1.29 is 4.74 Å². The third-order valence-electron chi connectivity index (χ3n) is 4.52. The Hall–Kier alpha value is -1.53. The second-order valence-corrected chi connectivity index (χ2v) is 7.18. The number of benzene rings is 1. The normalized spacial score (nSPS) is 16.1. The molecule has 6 heteroatoms. The van der Waals surface area contributed by atoms with Gasteiger partial charge >= 0.3 is 0 Å². The molecule has 5 nitrogen and oxygen atoms in total. The second kappa shape index (κ2) is 8.03. The number of halogens is 1. The van der Waals surface area contributed by atoms with Crippen LogP contribution in [0.25, 0.3) is 11.3 Å². The summed E-state index contributed by atoms with van der Waals surface area (Å²) in [5, 5.41) is 4.29. The summed E-state index contributed by atoms with van der Waals surface area (Å²) in [4.78, 5) is 2.50. The number of hydrogen-bond donors (Lipinski definition) is 1. The molecule has 0 radical (unpaired) electrons. The number of aryl methyl sites for hydroxylation is 1. The first-order valence-corrected chi connectivity index (χ1v) is 9.37. The van der Waals surface area contributed by atoms with Gasteiger partial charge < -0.3 is 10.5 Å². The van der Waals surface area contributed by atoms with Crippen LogP contribution < -0.4 is 10.5 Å². The van der Waals surface area contributed by atoms with Crippen molar-refractivity contribution in [1.29, 1.82) is 0 Å². The summed E-state index contributed by atoms with van der Waals surface area (Å²) in [5.41, 5.74) is 8.66. The molecule has 0 spiro atoms. The van der Waals surface area contributed by atoms with Crippen molar-refractivity contribution in [2.45, 2.75) is 25.7 Å². The van der Waals surface area contributed by atoms with Crippen molar-refractivity contribution in [1.82, 2.24) is 14.7 Å². The average molecular weight is 393 g/mol. The fourth-order valence-corrected chi connectivity index (χ4v) is 3.78. The number of ether oxygens (including phenoxy) is 1. The molecule has 1 aromatic heterocycles. The van der Waals surface area contributed by atoms with Crippen LogP contribution in [-0.4, -0.2) is 40.9 Å². The number of nitrogen functional groups attached to an aromatic ring is 1. The highest BCUT2D eigenvalue weighted by molar-refractivity contribution is 9.10. The van der Waals surface area contributed by atoms with Gasteiger partial charge in [0.1, 0.15) is 12.4 Å². The largest absolute Gasteiger partial charge is 0.492 e. The van der Waals surface area contributed by atoms with Crippen molar-refractivity contribution in [3.8, 4) is 17.0 Å². The average Bonchev–Trinajstić information content (AvgIpc) is 2.77. The zero-order valence-corrected chi connectivity index (χ0v) is 15.8. The summed E-state index contributed by atoms with van der Waals surface area (Å²) in [5.74, 6) is 0.850.